The molecule has 3 aromatic rings. The molecule has 1 heterocycles. The fourth-order valence-electron chi connectivity index (χ4n) is 2.43. The lowest BCUT2D eigenvalue weighted by Gasteiger charge is -2.09. The van der Waals surface area contributed by atoms with E-state index in [0.717, 1.165) is 34.1 Å². The molecule has 0 aliphatic heterocycles. The number of fused-ring (bicyclic) bond motifs is 1. The predicted molar refractivity (Wildman–Crippen MR) is 85.9 cm³/mol. The summed E-state index contributed by atoms with van der Waals surface area (Å²) >= 11 is 6.28. The van der Waals surface area contributed by atoms with Crippen LogP contribution in [0.4, 0.5) is 5.69 Å². The van der Waals surface area contributed by atoms with Crippen molar-refractivity contribution in [1.29, 1.82) is 0 Å². The number of phenols is 1. The molecule has 21 heavy (non-hydrogen) atoms. The highest BCUT2D eigenvalue weighted by molar-refractivity contribution is 6.35. The number of aryl methyl sites for hydroxylation is 1. The highest BCUT2D eigenvalue weighted by atomic mass is 35.5. The topological polar surface area (TPSA) is 50.1 Å². The number of hydrogen-bond donors (Lipinski definition) is 2. The van der Waals surface area contributed by atoms with E-state index in [1.165, 1.54) is 0 Å². The highest BCUT2D eigenvalue weighted by Crippen LogP contribution is 2.25. The number of para-hydroxylation sites is 1. The quantitative estimate of drug-likeness (QED) is 0.715. The zero-order valence-electron chi connectivity index (χ0n) is 11.7. The van der Waals surface area contributed by atoms with Gasteiger partial charge in [-0.25, -0.2) is 4.98 Å². The van der Waals surface area contributed by atoms with Gasteiger partial charge in [0.2, 0.25) is 0 Å². The van der Waals surface area contributed by atoms with E-state index in [2.05, 4.69) is 21.8 Å². The number of rotatable bonds is 4. The monoisotopic (exact) mass is 301 g/mol. The van der Waals surface area contributed by atoms with Gasteiger partial charge in [0, 0.05) is 12.2 Å². The van der Waals surface area contributed by atoms with E-state index < -0.39 is 0 Å². The molecule has 108 valence electrons. The number of hydrogen-bond acceptors (Lipinski definition) is 3. The second-order valence-corrected chi connectivity index (χ2v) is 5.19. The van der Waals surface area contributed by atoms with Crippen molar-refractivity contribution < 1.29 is 5.11 Å². The lowest BCUT2D eigenvalue weighted by Crippen LogP contribution is -2.08. The maximum atomic E-state index is 9.29. The molecule has 0 radical (unpaired) electrons. The molecule has 1 aromatic heterocycles. The van der Waals surface area contributed by atoms with Crippen molar-refractivity contribution in [3.63, 3.8) is 0 Å². The van der Waals surface area contributed by atoms with Crippen LogP contribution in [0.2, 0.25) is 5.02 Å². The molecule has 0 saturated heterocycles. The van der Waals surface area contributed by atoms with Gasteiger partial charge in [-0.1, -0.05) is 17.7 Å². The number of benzene rings is 2. The summed E-state index contributed by atoms with van der Waals surface area (Å²) in [4.78, 5) is 4.64. The van der Waals surface area contributed by atoms with Crippen LogP contribution in [0.15, 0.2) is 42.5 Å². The van der Waals surface area contributed by atoms with Crippen LogP contribution in [-0.4, -0.2) is 14.7 Å². The van der Waals surface area contributed by atoms with Gasteiger partial charge >= 0.3 is 0 Å². The fraction of sp³-hybridized carbons (Fsp3) is 0.188. The molecule has 2 N–H and O–H groups in total. The Labute approximate surface area is 128 Å². The van der Waals surface area contributed by atoms with E-state index in [4.69, 9.17) is 11.6 Å². The van der Waals surface area contributed by atoms with E-state index in [9.17, 15) is 5.11 Å². The number of anilines is 1. The van der Waals surface area contributed by atoms with Crippen molar-refractivity contribution in [3.8, 4) is 5.75 Å². The Kier molecular flexibility index (Phi) is 3.71. The van der Waals surface area contributed by atoms with Crippen LogP contribution in [0.5, 0.6) is 5.75 Å². The molecule has 0 bridgehead atoms. The largest absolute Gasteiger partial charge is 0.508 e. The number of nitrogens with one attached hydrogen (secondary N) is 1. The van der Waals surface area contributed by atoms with Crippen LogP contribution < -0.4 is 5.32 Å². The van der Waals surface area contributed by atoms with Crippen molar-refractivity contribution >= 4 is 28.3 Å². The Morgan fingerprint density at radius 2 is 1.95 bits per heavy atom. The molecule has 0 atom stereocenters. The molecule has 4 nitrogen and oxygen atoms in total. The van der Waals surface area contributed by atoms with Gasteiger partial charge in [0.15, 0.2) is 0 Å². The maximum Gasteiger partial charge on any atom is 0.129 e. The summed E-state index contributed by atoms with van der Waals surface area (Å²) in [5.41, 5.74) is 2.82. The lowest BCUT2D eigenvalue weighted by atomic mass is 10.3. The maximum absolute atomic E-state index is 9.29. The molecule has 0 fully saturated rings. The van der Waals surface area contributed by atoms with Gasteiger partial charge in [0.25, 0.3) is 0 Å². The number of imidazole rings is 1. The fourth-order valence-corrected chi connectivity index (χ4v) is 2.70. The Hall–Kier alpha value is -2.20. The Balaban J connectivity index is 1.90. The minimum atomic E-state index is 0.258. The minimum Gasteiger partial charge on any atom is -0.508 e. The molecule has 0 aliphatic carbocycles. The minimum absolute atomic E-state index is 0.258. The molecule has 0 aliphatic rings. The average Bonchev–Trinajstić information content (AvgIpc) is 2.85. The van der Waals surface area contributed by atoms with Crippen LogP contribution >= 0.6 is 11.6 Å². The number of aromatic hydroxyl groups is 1. The van der Waals surface area contributed by atoms with Crippen molar-refractivity contribution in [2.75, 3.05) is 5.32 Å². The van der Waals surface area contributed by atoms with Crippen molar-refractivity contribution in [3.05, 3.63) is 53.3 Å². The lowest BCUT2D eigenvalue weighted by molar-refractivity contribution is 0.475. The second-order valence-electron chi connectivity index (χ2n) is 4.78. The van der Waals surface area contributed by atoms with Crippen LogP contribution in [0, 0.1) is 0 Å². The number of aromatic nitrogens is 2. The Bertz CT molecular complexity index is 765. The van der Waals surface area contributed by atoms with Crippen LogP contribution in [0.25, 0.3) is 11.0 Å². The molecule has 0 amide bonds. The van der Waals surface area contributed by atoms with E-state index >= 15 is 0 Å². The SMILES string of the molecule is CCn1c(CNc2ccc(O)cc2)nc2cccc(Cl)c21. The summed E-state index contributed by atoms with van der Waals surface area (Å²) in [6.07, 6.45) is 0. The predicted octanol–water partition coefficient (Wildman–Crippen LogP) is 4.03. The van der Waals surface area contributed by atoms with Crippen molar-refractivity contribution in [2.24, 2.45) is 0 Å². The third-order valence-electron chi connectivity index (χ3n) is 3.43. The Morgan fingerprint density at radius 1 is 1.19 bits per heavy atom. The van der Waals surface area contributed by atoms with Crippen molar-refractivity contribution in [1.82, 2.24) is 9.55 Å². The van der Waals surface area contributed by atoms with Gasteiger partial charge in [-0.15, -0.1) is 0 Å². The van der Waals surface area contributed by atoms with E-state index in [-0.39, 0.29) is 5.75 Å². The smallest absolute Gasteiger partial charge is 0.129 e. The first-order chi connectivity index (χ1) is 10.2. The Morgan fingerprint density at radius 3 is 2.67 bits per heavy atom. The molecule has 5 heteroatoms. The van der Waals surface area contributed by atoms with Gasteiger partial charge in [-0.05, 0) is 43.3 Å². The van der Waals surface area contributed by atoms with E-state index in [0.29, 0.717) is 6.54 Å². The summed E-state index contributed by atoms with van der Waals surface area (Å²) < 4.78 is 2.12. The van der Waals surface area contributed by atoms with Gasteiger partial charge in [-0.3, -0.25) is 0 Å². The summed E-state index contributed by atoms with van der Waals surface area (Å²) in [7, 11) is 0. The standard InChI is InChI=1S/C16H16ClN3O/c1-2-20-15(10-18-11-6-8-12(21)9-7-11)19-14-5-3-4-13(17)16(14)20/h3-9,18,21H,2,10H2,1H3. The van der Waals surface area contributed by atoms with E-state index in [1.807, 2.05) is 30.3 Å². The first-order valence-electron chi connectivity index (χ1n) is 6.85. The molecule has 0 spiro atoms. The van der Waals surface area contributed by atoms with Gasteiger partial charge in [-0.2, -0.15) is 0 Å². The van der Waals surface area contributed by atoms with Gasteiger partial charge in [0.05, 0.1) is 22.6 Å². The number of phenolic OH excluding ortho intramolecular Hbond substituents is 1. The van der Waals surface area contributed by atoms with E-state index in [1.54, 1.807) is 12.1 Å². The number of nitrogens with zero attached hydrogens (tertiary/aromatic N) is 2. The first-order valence-corrected chi connectivity index (χ1v) is 7.23. The molecule has 0 unspecified atom stereocenters. The number of halogens is 1. The van der Waals surface area contributed by atoms with Crippen LogP contribution in [0.3, 0.4) is 0 Å². The van der Waals surface area contributed by atoms with Gasteiger partial charge in [0.1, 0.15) is 11.6 Å². The summed E-state index contributed by atoms with van der Waals surface area (Å²) in [6.45, 7) is 3.49. The second kappa shape index (κ2) is 5.66. The third-order valence-corrected chi connectivity index (χ3v) is 3.74. The normalized spacial score (nSPS) is 11.0. The molecular weight excluding hydrogens is 286 g/mol. The van der Waals surface area contributed by atoms with Gasteiger partial charge < -0.3 is 15.0 Å². The molecule has 0 saturated carbocycles. The average molecular weight is 302 g/mol. The summed E-state index contributed by atoms with van der Waals surface area (Å²) in [5.74, 6) is 1.20. The van der Waals surface area contributed by atoms with Crippen LogP contribution in [-0.2, 0) is 13.1 Å². The van der Waals surface area contributed by atoms with Crippen molar-refractivity contribution in [2.45, 2.75) is 20.0 Å². The molecule has 2 aromatic carbocycles. The zero-order valence-corrected chi connectivity index (χ0v) is 12.4. The highest BCUT2D eigenvalue weighted by Gasteiger charge is 2.11. The zero-order chi connectivity index (χ0) is 14.8. The summed E-state index contributed by atoms with van der Waals surface area (Å²) in [6, 6.07) is 12.7. The molecule has 3 rings (SSSR count). The third kappa shape index (κ3) is 2.67. The first kappa shape index (κ1) is 13.8. The molecular formula is C16H16ClN3O. The summed E-state index contributed by atoms with van der Waals surface area (Å²) in [5, 5.41) is 13.3. The van der Waals surface area contributed by atoms with Crippen LogP contribution in [0.1, 0.15) is 12.7 Å².